The van der Waals surface area contributed by atoms with Crippen LogP contribution >= 0.6 is 0 Å². The van der Waals surface area contributed by atoms with Crippen LogP contribution in [0.4, 0.5) is 0 Å². The second-order valence-electron chi connectivity index (χ2n) is 7.28. The predicted molar refractivity (Wildman–Crippen MR) is 126 cm³/mol. The molecule has 2 aromatic carbocycles. The van der Waals surface area contributed by atoms with Crippen LogP contribution in [0.2, 0.25) is 0 Å². The zero-order chi connectivity index (χ0) is 23.0. The van der Waals surface area contributed by atoms with E-state index in [1.807, 2.05) is 18.2 Å². The van der Waals surface area contributed by atoms with E-state index in [1.54, 1.807) is 38.5 Å². The highest BCUT2D eigenvalue weighted by Crippen LogP contribution is 2.26. The Hall–Kier alpha value is -3.22. The van der Waals surface area contributed by atoms with Crippen molar-refractivity contribution in [3.8, 4) is 23.0 Å². The summed E-state index contributed by atoms with van der Waals surface area (Å²) in [6.45, 7) is 2.80. The van der Waals surface area contributed by atoms with Gasteiger partial charge in [0, 0.05) is 0 Å². The highest BCUT2D eigenvalue weighted by Gasteiger charge is 2.04. The molecule has 0 fully saturated rings. The normalized spacial score (nSPS) is 10.7. The molecule has 0 saturated heterocycles. The van der Waals surface area contributed by atoms with Gasteiger partial charge < -0.3 is 18.9 Å². The second-order valence-corrected chi connectivity index (χ2v) is 7.28. The number of rotatable bonds is 15. The Kier molecular flexibility index (Phi) is 11.5. The fraction of sp³-hybridized carbons (Fsp3) is 0.440. The molecule has 2 rings (SSSR count). The molecular weight excluding hydrogens is 408 g/mol. The average Bonchev–Trinajstić information content (AvgIpc) is 2.82. The van der Waals surface area contributed by atoms with E-state index in [1.165, 1.54) is 38.3 Å². The number of unbranched alkanes of at least 4 members (excludes halogenated alkanes) is 5. The standard InChI is InChI=1S/C25H34N2O5/c1-4-5-6-7-8-9-16-31-21-11-13-22(14-12-21)32-19-25(28)27-26-18-20-10-15-23(29-2)24(17-20)30-3/h10-15,17-18H,4-9,16,19H2,1-3H3,(H,27,28)/b26-18-. The Labute approximate surface area is 190 Å². The Balaban J connectivity index is 1.67. The van der Waals surface area contributed by atoms with E-state index in [0.29, 0.717) is 23.9 Å². The van der Waals surface area contributed by atoms with E-state index in [0.717, 1.165) is 17.7 Å². The summed E-state index contributed by atoms with van der Waals surface area (Å²) in [6.07, 6.45) is 8.93. The topological polar surface area (TPSA) is 78.4 Å². The SMILES string of the molecule is CCCCCCCCOc1ccc(OCC(=O)N/N=C\c2ccc(OC)c(OC)c2)cc1. The smallest absolute Gasteiger partial charge is 0.277 e. The van der Waals surface area contributed by atoms with Crippen LogP contribution in [0.25, 0.3) is 0 Å². The Morgan fingerprint density at radius 3 is 2.22 bits per heavy atom. The van der Waals surface area contributed by atoms with Crippen molar-refractivity contribution in [1.29, 1.82) is 0 Å². The van der Waals surface area contributed by atoms with Gasteiger partial charge in [0.25, 0.3) is 5.91 Å². The van der Waals surface area contributed by atoms with Crippen molar-refractivity contribution < 1.29 is 23.7 Å². The van der Waals surface area contributed by atoms with E-state index in [9.17, 15) is 4.79 Å². The summed E-state index contributed by atoms with van der Waals surface area (Å²) in [4.78, 5) is 11.9. The van der Waals surface area contributed by atoms with Crippen LogP contribution in [-0.2, 0) is 4.79 Å². The predicted octanol–water partition coefficient (Wildman–Crippen LogP) is 4.97. The minimum Gasteiger partial charge on any atom is -0.494 e. The minimum atomic E-state index is -0.356. The number of nitrogens with one attached hydrogen (secondary N) is 1. The van der Waals surface area contributed by atoms with Crippen LogP contribution in [0.15, 0.2) is 47.6 Å². The number of ether oxygens (including phenoxy) is 4. The van der Waals surface area contributed by atoms with Gasteiger partial charge in [0.05, 0.1) is 27.0 Å². The number of methoxy groups -OCH3 is 2. The first-order chi connectivity index (χ1) is 15.7. The van der Waals surface area contributed by atoms with Gasteiger partial charge in [0.1, 0.15) is 11.5 Å². The zero-order valence-corrected chi connectivity index (χ0v) is 19.3. The van der Waals surface area contributed by atoms with Gasteiger partial charge >= 0.3 is 0 Å². The molecule has 2 aromatic rings. The molecule has 0 atom stereocenters. The molecule has 0 heterocycles. The van der Waals surface area contributed by atoms with Crippen LogP contribution < -0.4 is 24.4 Å². The maximum absolute atomic E-state index is 11.9. The number of hydrogen-bond donors (Lipinski definition) is 1. The number of hydrogen-bond acceptors (Lipinski definition) is 6. The van der Waals surface area contributed by atoms with Crippen molar-refractivity contribution in [1.82, 2.24) is 5.43 Å². The number of hydrazone groups is 1. The van der Waals surface area contributed by atoms with Gasteiger partial charge in [0.2, 0.25) is 0 Å². The third-order valence-corrected chi connectivity index (χ3v) is 4.77. The third kappa shape index (κ3) is 9.29. The van der Waals surface area contributed by atoms with Crippen molar-refractivity contribution in [2.75, 3.05) is 27.4 Å². The minimum absolute atomic E-state index is 0.138. The maximum Gasteiger partial charge on any atom is 0.277 e. The van der Waals surface area contributed by atoms with Crippen LogP contribution in [0.1, 0.15) is 51.0 Å². The molecule has 0 aromatic heterocycles. The van der Waals surface area contributed by atoms with Gasteiger partial charge in [-0.3, -0.25) is 4.79 Å². The summed E-state index contributed by atoms with van der Waals surface area (Å²) in [5.41, 5.74) is 3.20. The van der Waals surface area contributed by atoms with Gasteiger partial charge in [-0.2, -0.15) is 5.10 Å². The summed E-state index contributed by atoms with van der Waals surface area (Å²) in [5, 5.41) is 3.94. The lowest BCUT2D eigenvalue weighted by molar-refractivity contribution is -0.123. The van der Waals surface area contributed by atoms with Crippen LogP contribution in [0.3, 0.4) is 0 Å². The largest absolute Gasteiger partial charge is 0.494 e. The fourth-order valence-corrected chi connectivity index (χ4v) is 3.00. The maximum atomic E-state index is 11.9. The lowest BCUT2D eigenvalue weighted by Gasteiger charge is -2.08. The second kappa shape index (κ2) is 14.7. The van der Waals surface area contributed by atoms with E-state index in [-0.39, 0.29) is 12.5 Å². The zero-order valence-electron chi connectivity index (χ0n) is 19.3. The average molecular weight is 443 g/mol. The van der Waals surface area contributed by atoms with E-state index < -0.39 is 0 Å². The molecule has 174 valence electrons. The lowest BCUT2D eigenvalue weighted by Crippen LogP contribution is -2.24. The van der Waals surface area contributed by atoms with Crippen LogP contribution in [0, 0.1) is 0 Å². The molecule has 0 unspecified atom stereocenters. The molecule has 7 nitrogen and oxygen atoms in total. The Morgan fingerprint density at radius 1 is 0.875 bits per heavy atom. The molecule has 1 amide bonds. The summed E-state index contributed by atoms with van der Waals surface area (Å²) in [7, 11) is 3.13. The molecule has 1 N–H and O–H groups in total. The summed E-state index contributed by atoms with van der Waals surface area (Å²) in [5.74, 6) is 2.25. The molecule has 7 heteroatoms. The van der Waals surface area contributed by atoms with E-state index in [2.05, 4.69) is 17.5 Å². The Bertz CT molecular complexity index is 837. The molecule has 0 bridgehead atoms. The Morgan fingerprint density at radius 2 is 1.53 bits per heavy atom. The lowest BCUT2D eigenvalue weighted by atomic mass is 10.1. The first-order valence-corrected chi connectivity index (χ1v) is 11.1. The van der Waals surface area contributed by atoms with Gasteiger partial charge in [0.15, 0.2) is 18.1 Å². The molecule has 0 aliphatic rings. The summed E-state index contributed by atoms with van der Waals surface area (Å²) in [6, 6.07) is 12.6. The highest BCUT2D eigenvalue weighted by atomic mass is 16.5. The third-order valence-electron chi connectivity index (χ3n) is 4.77. The van der Waals surface area contributed by atoms with Gasteiger partial charge in [-0.15, -0.1) is 0 Å². The molecule has 0 aliphatic heterocycles. The van der Waals surface area contributed by atoms with Gasteiger partial charge in [-0.05, 0) is 54.4 Å². The molecule has 0 radical (unpaired) electrons. The van der Waals surface area contributed by atoms with Crippen molar-refractivity contribution in [2.24, 2.45) is 5.10 Å². The quantitative estimate of drug-likeness (QED) is 0.239. The summed E-state index contributed by atoms with van der Waals surface area (Å²) >= 11 is 0. The fourth-order valence-electron chi connectivity index (χ4n) is 3.00. The first-order valence-electron chi connectivity index (χ1n) is 11.1. The van der Waals surface area contributed by atoms with E-state index >= 15 is 0 Å². The van der Waals surface area contributed by atoms with Gasteiger partial charge in [-0.25, -0.2) is 5.43 Å². The van der Waals surface area contributed by atoms with Gasteiger partial charge in [-0.1, -0.05) is 39.0 Å². The van der Waals surface area contributed by atoms with Crippen molar-refractivity contribution in [3.05, 3.63) is 48.0 Å². The number of benzene rings is 2. The summed E-state index contributed by atoms with van der Waals surface area (Å²) < 4.78 is 21.7. The number of amides is 1. The van der Waals surface area contributed by atoms with Crippen LogP contribution in [0.5, 0.6) is 23.0 Å². The first kappa shape index (κ1) is 25.0. The highest BCUT2D eigenvalue weighted by molar-refractivity contribution is 5.83. The molecule has 0 spiro atoms. The van der Waals surface area contributed by atoms with Crippen molar-refractivity contribution in [3.63, 3.8) is 0 Å². The molecule has 0 saturated carbocycles. The number of carbonyl (C=O) groups excluding carboxylic acids is 1. The molecule has 0 aliphatic carbocycles. The molecule has 32 heavy (non-hydrogen) atoms. The monoisotopic (exact) mass is 442 g/mol. The van der Waals surface area contributed by atoms with Crippen molar-refractivity contribution in [2.45, 2.75) is 45.4 Å². The van der Waals surface area contributed by atoms with Crippen molar-refractivity contribution >= 4 is 12.1 Å². The molecular formula is C25H34N2O5. The van der Waals surface area contributed by atoms with Crippen LogP contribution in [-0.4, -0.2) is 39.6 Å². The number of carbonyl (C=O) groups is 1. The number of nitrogens with zero attached hydrogens (tertiary/aromatic N) is 1. The van der Waals surface area contributed by atoms with E-state index in [4.69, 9.17) is 18.9 Å².